The molecule has 4 heterocycles. The molecule has 6 nitrogen and oxygen atoms in total. The predicted molar refractivity (Wildman–Crippen MR) is 103 cm³/mol. The summed E-state index contributed by atoms with van der Waals surface area (Å²) < 4.78 is 7.72. The van der Waals surface area contributed by atoms with Gasteiger partial charge in [-0.1, -0.05) is 12.8 Å². The minimum absolute atomic E-state index is 0.0988. The van der Waals surface area contributed by atoms with Gasteiger partial charge >= 0.3 is 0 Å². The highest BCUT2D eigenvalue weighted by atomic mass is 16.5. The number of imidazole rings is 1. The topological polar surface area (TPSA) is 60.2 Å². The highest BCUT2D eigenvalue weighted by Crippen LogP contribution is 2.40. The van der Waals surface area contributed by atoms with E-state index in [1.807, 2.05) is 17.3 Å². The van der Waals surface area contributed by atoms with Crippen LogP contribution < -0.4 is 0 Å². The maximum atomic E-state index is 13.0. The smallest absolute Gasteiger partial charge is 0.255 e. The first-order valence-electron chi connectivity index (χ1n) is 10.4. The van der Waals surface area contributed by atoms with Crippen LogP contribution in [0.25, 0.3) is 11.2 Å². The summed E-state index contributed by atoms with van der Waals surface area (Å²) in [6.07, 6.45) is 13.1. The maximum absolute atomic E-state index is 13.0. The molecule has 1 aliphatic carbocycles. The summed E-state index contributed by atoms with van der Waals surface area (Å²) in [5.74, 6) is 0.0988. The highest BCUT2D eigenvalue weighted by Gasteiger charge is 2.37. The average Bonchev–Trinajstić information content (AvgIpc) is 3.37. The summed E-state index contributed by atoms with van der Waals surface area (Å²) in [6, 6.07) is 2.44. The van der Waals surface area contributed by atoms with Crippen LogP contribution in [-0.2, 0) is 4.74 Å². The molecule has 5 rings (SSSR count). The minimum atomic E-state index is 0.0988. The van der Waals surface area contributed by atoms with Crippen molar-refractivity contribution >= 4 is 17.1 Å². The molecular formula is C21H28N4O2. The van der Waals surface area contributed by atoms with Crippen molar-refractivity contribution in [3.05, 3.63) is 24.2 Å². The number of nitrogens with zero attached hydrogens (tertiary/aromatic N) is 4. The molecule has 0 aromatic carbocycles. The van der Waals surface area contributed by atoms with Crippen LogP contribution in [-0.4, -0.2) is 51.6 Å². The lowest BCUT2D eigenvalue weighted by Crippen LogP contribution is -2.45. The Morgan fingerprint density at radius 1 is 1.07 bits per heavy atom. The first kappa shape index (κ1) is 17.2. The van der Waals surface area contributed by atoms with E-state index >= 15 is 0 Å². The molecule has 0 bridgehead atoms. The second-order valence-electron chi connectivity index (χ2n) is 8.56. The Labute approximate surface area is 159 Å². The molecule has 6 heteroatoms. The van der Waals surface area contributed by atoms with E-state index in [-0.39, 0.29) is 5.91 Å². The molecule has 144 valence electrons. The van der Waals surface area contributed by atoms with Crippen LogP contribution in [0.2, 0.25) is 0 Å². The number of aromatic nitrogens is 3. The van der Waals surface area contributed by atoms with Crippen LogP contribution in [0, 0.1) is 5.41 Å². The Morgan fingerprint density at radius 3 is 2.56 bits per heavy atom. The van der Waals surface area contributed by atoms with Crippen molar-refractivity contribution in [3.8, 4) is 0 Å². The van der Waals surface area contributed by atoms with E-state index in [0.717, 1.165) is 63.2 Å². The number of piperidine rings is 1. The minimum Gasteiger partial charge on any atom is -0.381 e. The van der Waals surface area contributed by atoms with Crippen molar-refractivity contribution in [1.82, 2.24) is 19.4 Å². The van der Waals surface area contributed by atoms with E-state index < -0.39 is 0 Å². The molecule has 2 aromatic rings. The molecule has 3 fully saturated rings. The zero-order chi connectivity index (χ0) is 18.3. The van der Waals surface area contributed by atoms with Crippen LogP contribution in [0.5, 0.6) is 0 Å². The number of hydrogen-bond acceptors (Lipinski definition) is 4. The fourth-order valence-corrected chi connectivity index (χ4v) is 5.16. The number of ether oxygens (including phenoxy) is 1. The summed E-state index contributed by atoms with van der Waals surface area (Å²) >= 11 is 0. The van der Waals surface area contributed by atoms with E-state index in [2.05, 4.69) is 14.5 Å². The predicted octanol–water partition coefficient (Wildman–Crippen LogP) is 3.58. The summed E-state index contributed by atoms with van der Waals surface area (Å²) in [4.78, 5) is 24.2. The molecule has 3 aliphatic rings. The third kappa shape index (κ3) is 3.14. The molecule has 2 saturated heterocycles. The number of carbonyl (C=O) groups is 1. The molecule has 1 saturated carbocycles. The molecule has 1 spiro atoms. The van der Waals surface area contributed by atoms with Crippen molar-refractivity contribution in [3.63, 3.8) is 0 Å². The number of pyridine rings is 1. The van der Waals surface area contributed by atoms with Crippen molar-refractivity contribution in [2.24, 2.45) is 5.41 Å². The van der Waals surface area contributed by atoms with Gasteiger partial charge in [-0.25, -0.2) is 9.97 Å². The van der Waals surface area contributed by atoms with Gasteiger partial charge in [0.15, 0.2) is 5.65 Å². The van der Waals surface area contributed by atoms with Crippen LogP contribution in [0.3, 0.4) is 0 Å². The molecule has 27 heavy (non-hydrogen) atoms. The van der Waals surface area contributed by atoms with E-state index in [0.29, 0.717) is 17.0 Å². The number of likely N-dealkylation sites (tertiary alicyclic amines) is 1. The number of carbonyl (C=O) groups excluding carboxylic acids is 1. The van der Waals surface area contributed by atoms with Crippen molar-refractivity contribution in [1.29, 1.82) is 0 Å². The lowest BCUT2D eigenvalue weighted by Gasteiger charge is -2.44. The molecule has 0 radical (unpaired) electrons. The van der Waals surface area contributed by atoms with E-state index in [9.17, 15) is 4.79 Å². The van der Waals surface area contributed by atoms with Gasteiger partial charge in [0, 0.05) is 38.5 Å². The number of hydrogen-bond donors (Lipinski definition) is 0. The van der Waals surface area contributed by atoms with Gasteiger partial charge in [0.1, 0.15) is 5.52 Å². The number of amides is 1. The molecule has 1 amide bonds. The average molecular weight is 368 g/mol. The largest absolute Gasteiger partial charge is 0.381 e. The zero-order valence-electron chi connectivity index (χ0n) is 15.9. The fraction of sp³-hybridized carbons (Fsp3) is 0.667. The van der Waals surface area contributed by atoms with E-state index in [4.69, 9.17) is 4.74 Å². The molecule has 0 atom stereocenters. The molecule has 2 aromatic heterocycles. The third-order valence-electron chi connectivity index (χ3n) is 7.04. The molecule has 2 aliphatic heterocycles. The van der Waals surface area contributed by atoms with E-state index in [1.54, 1.807) is 6.20 Å². The van der Waals surface area contributed by atoms with Gasteiger partial charge in [-0.2, -0.15) is 0 Å². The standard InChI is InChI=1S/C21H28N4O2/c26-20(24-9-5-21(6-10-24)7-11-27-12-8-21)16-13-18-19(22-14-16)25(15-23-18)17-3-1-2-4-17/h13-15,17H,1-12H2. The first-order valence-corrected chi connectivity index (χ1v) is 10.4. The van der Waals surface area contributed by atoms with Crippen LogP contribution >= 0.6 is 0 Å². The van der Waals surface area contributed by atoms with Crippen molar-refractivity contribution < 1.29 is 9.53 Å². The fourth-order valence-electron chi connectivity index (χ4n) is 5.16. The zero-order valence-corrected chi connectivity index (χ0v) is 15.9. The Hall–Kier alpha value is -1.95. The molecule has 0 unspecified atom stereocenters. The Kier molecular flexibility index (Phi) is 4.38. The van der Waals surface area contributed by atoms with Crippen LogP contribution in [0.15, 0.2) is 18.6 Å². The summed E-state index contributed by atoms with van der Waals surface area (Å²) in [6.45, 7) is 3.43. The Morgan fingerprint density at radius 2 is 1.81 bits per heavy atom. The summed E-state index contributed by atoms with van der Waals surface area (Å²) in [5.41, 5.74) is 2.82. The van der Waals surface area contributed by atoms with Gasteiger partial charge < -0.3 is 14.2 Å². The SMILES string of the molecule is O=C(c1cnc2c(c1)ncn2C1CCCC1)N1CCC2(CCOCC2)CC1. The van der Waals surface area contributed by atoms with Crippen molar-refractivity contribution in [2.75, 3.05) is 26.3 Å². The van der Waals surface area contributed by atoms with Gasteiger partial charge in [0.25, 0.3) is 5.91 Å². The van der Waals surface area contributed by atoms with Gasteiger partial charge in [0.2, 0.25) is 0 Å². The Bertz CT molecular complexity index is 824. The second-order valence-corrected chi connectivity index (χ2v) is 8.56. The highest BCUT2D eigenvalue weighted by molar-refractivity contribution is 5.96. The normalized spacial score (nSPS) is 23.3. The third-order valence-corrected chi connectivity index (χ3v) is 7.04. The second kappa shape index (κ2) is 6.89. The number of fused-ring (bicyclic) bond motifs is 1. The number of rotatable bonds is 2. The maximum Gasteiger partial charge on any atom is 0.255 e. The lowest BCUT2D eigenvalue weighted by molar-refractivity contribution is -0.0175. The van der Waals surface area contributed by atoms with Crippen LogP contribution in [0.4, 0.5) is 0 Å². The summed E-state index contributed by atoms with van der Waals surface area (Å²) in [5, 5.41) is 0. The first-order chi connectivity index (χ1) is 13.2. The Balaban J connectivity index is 1.31. The molecular weight excluding hydrogens is 340 g/mol. The van der Waals surface area contributed by atoms with Crippen molar-refractivity contribution in [2.45, 2.75) is 57.4 Å². The summed E-state index contributed by atoms with van der Waals surface area (Å²) in [7, 11) is 0. The van der Waals surface area contributed by atoms with Gasteiger partial charge in [-0.15, -0.1) is 0 Å². The van der Waals surface area contributed by atoms with Gasteiger partial charge in [-0.3, -0.25) is 4.79 Å². The van der Waals surface area contributed by atoms with Gasteiger partial charge in [-0.05, 0) is 50.0 Å². The quantitative estimate of drug-likeness (QED) is 0.813. The molecule has 0 N–H and O–H groups in total. The lowest BCUT2D eigenvalue weighted by atomic mass is 9.72. The monoisotopic (exact) mass is 368 g/mol. The van der Waals surface area contributed by atoms with Gasteiger partial charge in [0.05, 0.1) is 11.9 Å². The van der Waals surface area contributed by atoms with E-state index in [1.165, 1.54) is 25.7 Å². The van der Waals surface area contributed by atoms with Crippen LogP contribution in [0.1, 0.15) is 67.8 Å².